The molecule has 0 unspecified atom stereocenters. The average Bonchev–Trinajstić information content (AvgIpc) is 2.64. The lowest BCUT2D eigenvalue weighted by Gasteiger charge is -2.37. The number of aliphatic hydroxyl groups is 1. The zero-order chi connectivity index (χ0) is 19.2. The van der Waals surface area contributed by atoms with Crippen LogP contribution in [0.15, 0.2) is 60.8 Å². The Morgan fingerprint density at radius 2 is 1.59 bits per heavy atom. The molecular weight excluding hydrogens is 333 g/mol. The fraction of sp³-hybridized carbons (Fsp3) is 0.261. The van der Waals surface area contributed by atoms with Crippen molar-refractivity contribution in [1.82, 2.24) is 4.98 Å². The molecule has 0 saturated heterocycles. The van der Waals surface area contributed by atoms with Crippen LogP contribution in [0.1, 0.15) is 27.7 Å². The first kappa shape index (κ1) is 18.0. The molecule has 1 N–H and O–H groups in total. The van der Waals surface area contributed by atoms with Crippen molar-refractivity contribution in [1.29, 1.82) is 0 Å². The van der Waals surface area contributed by atoms with E-state index in [2.05, 4.69) is 47.4 Å². The number of benzene rings is 3. The highest BCUT2D eigenvalue weighted by atomic mass is 16.5. The summed E-state index contributed by atoms with van der Waals surface area (Å²) in [4.78, 5) is 4.62. The molecule has 27 heavy (non-hydrogen) atoms. The Hall–Kier alpha value is -2.43. The lowest BCUT2D eigenvalue weighted by molar-refractivity contribution is -0.0893. The van der Waals surface area contributed by atoms with Gasteiger partial charge in [-0.15, -0.1) is 0 Å². The number of rotatable bonds is 4. The topological polar surface area (TPSA) is 42.4 Å². The quantitative estimate of drug-likeness (QED) is 0.437. The summed E-state index contributed by atoms with van der Waals surface area (Å²) in [6.07, 6.45) is 1.84. The Balaban J connectivity index is 1.78. The maximum Gasteiger partial charge on any atom is 0.330 e. The number of nitrogens with zero attached hydrogens (tertiary/aromatic N) is 1. The van der Waals surface area contributed by atoms with Gasteiger partial charge in [-0.25, -0.2) is 0 Å². The summed E-state index contributed by atoms with van der Waals surface area (Å²) in [5.74, 6) is 0. The predicted molar refractivity (Wildman–Crippen MR) is 114 cm³/mol. The molecule has 1 aromatic heterocycles. The summed E-state index contributed by atoms with van der Waals surface area (Å²) in [7, 11) is 1.73. The molecule has 3 aromatic carbocycles. The minimum absolute atomic E-state index is 0.689. The van der Waals surface area contributed by atoms with E-state index in [9.17, 15) is 5.11 Å². The highest BCUT2D eigenvalue weighted by Crippen LogP contribution is 2.30. The normalized spacial score (nSPS) is 12.8. The Morgan fingerprint density at radius 1 is 0.889 bits per heavy atom. The highest BCUT2D eigenvalue weighted by Gasteiger charge is 2.35. The van der Waals surface area contributed by atoms with Crippen LogP contribution in [-0.2, 0) is 4.65 Å². The predicted octanol–water partition coefficient (Wildman–Crippen LogP) is 4.35. The van der Waals surface area contributed by atoms with Crippen LogP contribution in [0.3, 0.4) is 0 Å². The fourth-order valence-corrected chi connectivity index (χ4v) is 3.14. The number of fused-ring (bicyclic) bond motifs is 5. The van der Waals surface area contributed by atoms with Crippen molar-refractivity contribution in [2.75, 3.05) is 0 Å². The molecule has 0 saturated carbocycles. The van der Waals surface area contributed by atoms with Gasteiger partial charge < -0.3 is 9.76 Å². The number of hydrogen-bond acceptors (Lipinski definition) is 3. The Kier molecular flexibility index (Phi) is 4.21. The minimum Gasteiger partial charge on any atom is -0.427 e. The molecule has 0 aliphatic rings. The molecular formula is C23H23BNO2. The molecule has 0 fully saturated rings. The Bertz CT molecular complexity index is 1150. The van der Waals surface area contributed by atoms with Crippen LogP contribution >= 0.6 is 0 Å². The first-order valence-electron chi connectivity index (χ1n) is 9.20. The van der Waals surface area contributed by atoms with Crippen molar-refractivity contribution in [3.05, 3.63) is 60.8 Å². The number of hydrogen-bond donors (Lipinski definition) is 1. The summed E-state index contributed by atoms with van der Waals surface area (Å²) >= 11 is 0. The van der Waals surface area contributed by atoms with Crippen LogP contribution in [0.25, 0.3) is 32.4 Å². The van der Waals surface area contributed by atoms with Gasteiger partial charge >= 0.3 is 7.48 Å². The largest absolute Gasteiger partial charge is 0.427 e. The third kappa shape index (κ3) is 3.20. The van der Waals surface area contributed by atoms with E-state index >= 15 is 0 Å². The van der Waals surface area contributed by atoms with Crippen LogP contribution in [0, 0.1) is 0 Å². The van der Waals surface area contributed by atoms with Crippen LogP contribution < -0.4 is 5.46 Å². The van der Waals surface area contributed by atoms with E-state index in [1.54, 1.807) is 21.3 Å². The molecule has 0 bridgehead atoms. The minimum atomic E-state index is -0.943. The molecule has 1 heterocycles. The Labute approximate surface area is 160 Å². The van der Waals surface area contributed by atoms with Gasteiger partial charge in [0.25, 0.3) is 0 Å². The van der Waals surface area contributed by atoms with E-state index in [0.717, 1.165) is 21.8 Å². The molecule has 4 rings (SSSR count). The third-order valence-electron chi connectivity index (χ3n) is 5.56. The van der Waals surface area contributed by atoms with E-state index in [1.165, 1.54) is 16.2 Å². The van der Waals surface area contributed by atoms with Crippen molar-refractivity contribution in [3.63, 3.8) is 0 Å². The van der Waals surface area contributed by atoms with Crippen LogP contribution in [0.2, 0.25) is 0 Å². The van der Waals surface area contributed by atoms with E-state index < -0.39 is 11.2 Å². The molecule has 1 radical (unpaired) electrons. The maximum atomic E-state index is 10.3. The van der Waals surface area contributed by atoms with E-state index in [1.807, 2.05) is 32.2 Å². The summed E-state index contributed by atoms with van der Waals surface area (Å²) in [6, 6.07) is 18.9. The molecule has 0 atom stereocenters. The van der Waals surface area contributed by atoms with Crippen LogP contribution in [0.4, 0.5) is 0 Å². The summed E-state index contributed by atoms with van der Waals surface area (Å²) in [5.41, 5.74) is 0.358. The van der Waals surface area contributed by atoms with Gasteiger partial charge in [0.2, 0.25) is 0 Å². The highest BCUT2D eigenvalue weighted by molar-refractivity contribution is 6.47. The summed E-state index contributed by atoms with van der Waals surface area (Å²) in [6.45, 7) is 7.28. The molecule has 4 heteroatoms. The van der Waals surface area contributed by atoms with Gasteiger partial charge in [0.15, 0.2) is 0 Å². The van der Waals surface area contributed by atoms with E-state index in [4.69, 9.17) is 4.65 Å². The van der Waals surface area contributed by atoms with Crippen molar-refractivity contribution in [2.24, 2.45) is 0 Å². The van der Waals surface area contributed by atoms with Gasteiger partial charge in [-0.3, -0.25) is 4.98 Å². The average molecular weight is 356 g/mol. The fourth-order valence-electron chi connectivity index (χ4n) is 3.14. The van der Waals surface area contributed by atoms with Crippen molar-refractivity contribution in [3.8, 4) is 0 Å². The molecule has 0 amide bonds. The van der Waals surface area contributed by atoms with Gasteiger partial charge in [0.1, 0.15) is 0 Å². The van der Waals surface area contributed by atoms with Gasteiger partial charge in [0.05, 0.1) is 16.7 Å². The van der Waals surface area contributed by atoms with Crippen LogP contribution in [0.5, 0.6) is 0 Å². The van der Waals surface area contributed by atoms with Crippen molar-refractivity contribution < 1.29 is 9.76 Å². The second kappa shape index (κ2) is 6.33. The second-order valence-electron chi connectivity index (χ2n) is 8.09. The van der Waals surface area contributed by atoms with Crippen LogP contribution in [-0.4, -0.2) is 28.8 Å². The van der Waals surface area contributed by atoms with Crippen molar-refractivity contribution >= 4 is 45.4 Å². The second-order valence-corrected chi connectivity index (χ2v) is 8.09. The van der Waals surface area contributed by atoms with E-state index in [-0.39, 0.29) is 0 Å². The van der Waals surface area contributed by atoms with Gasteiger partial charge in [-0.1, -0.05) is 54.0 Å². The lowest BCUT2D eigenvalue weighted by Crippen LogP contribution is -2.49. The maximum absolute atomic E-state index is 10.3. The molecule has 0 aliphatic carbocycles. The molecule has 0 aliphatic heterocycles. The lowest BCUT2D eigenvalue weighted by atomic mass is 9.81. The number of aromatic nitrogens is 1. The summed E-state index contributed by atoms with van der Waals surface area (Å²) in [5, 5.41) is 16.1. The smallest absolute Gasteiger partial charge is 0.330 e. The zero-order valence-electron chi connectivity index (χ0n) is 16.2. The SMILES string of the molecule is CC(C)(O)C(C)(C)O[B]c1ccc2c(ccc3ccc4cccnc4c32)c1. The van der Waals surface area contributed by atoms with Gasteiger partial charge in [0, 0.05) is 17.0 Å². The molecule has 135 valence electrons. The molecule has 3 nitrogen and oxygen atoms in total. The van der Waals surface area contributed by atoms with E-state index in [0.29, 0.717) is 0 Å². The first-order chi connectivity index (χ1) is 12.8. The molecule has 0 spiro atoms. The van der Waals surface area contributed by atoms with Crippen molar-refractivity contribution in [2.45, 2.75) is 38.9 Å². The number of pyridine rings is 1. The monoisotopic (exact) mass is 356 g/mol. The Morgan fingerprint density at radius 3 is 2.33 bits per heavy atom. The standard InChI is InChI=1S/C23H23BNO2/c1-22(2,26)23(3,4)27-24-18-11-12-19-17(14-18)10-8-15-7-9-16-6-5-13-25-21(16)20(15)19/h5-14,26H,1-4H3. The zero-order valence-corrected chi connectivity index (χ0v) is 16.2. The third-order valence-corrected chi connectivity index (χ3v) is 5.56. The first-order valence-corrected chi connectivity index (χ1v) is 9.20. The van der Waals surface area contributed by atoms with Gasteiger partial charge in [-0.05, 0) is 49.9 Å². The summed E-state index contributed by atoms with van der Waals surface area (Å²) < 4.78 is 5.90. The van der Waals surface area contributed by atoms with Gasteiger partial charge in [-0.2, -0.15) is 0 Å². The molecule has 4 aromatic rings.